The predicted molar refractivity (Wildman–Crippen MR) is 56.0 cm³/mol. The van der Waals surface area contributed by atoms with Crippen LogP contribution in [0, 0.1) is 0 Å². The first-order valence-electron chi connectivity index (χ1n) is 4.46. The summed E-state index contributed by atoms with van der Waals surface area (Å²) in [6.45, 7) is 1.25. The third kappa shape index (κ3) is 3.24. The van der Waals surface area contributed by atoms with E-state index >= 15 is 0 Å². The third-order valence-corrected chi connectivity index (χ3v) is 1.89. The van der Waals surface area contributed by atoms with Gasteiger partial charge in [0.1, 0.15) is 12.4 Å². The number of hydroxylamine groups is 2. The number of nitrogens with zero attached hydrogens (tertiary/aromatic N) is 1. The SMILES string of the molecule is CON(C)CCOc1ccccc1N. The van der Waals surface area contributed by atoms with Crippen molar-refractivity contribution < 1.29 is 9.57 Å². The van der Waals surface area contributed by atoms with Crippen LogP contribution in [0.4, 0.5) is 5.69 Å². The van der Waals surface area contributed by atoms with Crippen LogP contribution in [-0.2, 0) is 4.84 Å². The normalized spacial score (nSPS) is 10.5. The van der Waals surface area contributed by atoms with E-state index in [2.05, 4.69) is 0 Å². The Hall–Kier alpha value is -1.26. The molecular weight excluding hydrogens is 180 g/mol. The molecule has 1 aromatic carbocycles. The Labute approximate surface area is 84.2 Å². The molecule has 0 saturated carbocycles. The van der Waals surface area contributed by atoms with Crippen molar-refractivity contribution in [1.82, 2.24) is 5.06 Å². The number of likely N-dealkylation sites (N-methyl/N-ethyl adjacent to an activating group) is 1. The van der Waals surface area contributed by atoms with E-state index in [0.29, 0.717) is 18.8 Å². The summed E-state index contributed by atoms with van der Waals surface area (Å²) >= 11 is 0. The molecule has 1 rings (SSSR count). The fraction of sp³-hybridized carbons (Fsp3) is 0.400. The lowest BCUT2D eigenvalue weighted by molar-refractivity contribution is -0.113. The second kappa shape index (κ2) is 5.47. The molecule has 0 aromatic heterocycles. The maximum Gasteiger partial charge on any atom is 0.142 e. The molecule has 0 aliphatic carbocycles. The van der Waals surface area contributed by atoms with Gasteiger partial charge in [0.2, 0.25) is 0 Å². The van der Waals surface area contributed by atoms with Crippen molar-refractivity contribution in [3.05, 3.63) is 24.3 Å². The fourth-order valence-corrected chi connectivity index (χ4v) is 0.987. The van der Waals surface area contributed by atoms with Crippen LogP contribution in [0.1, 0.15) is 0 Å². The monoisotopic (exact) mass is 196 g/mol. The van der Waals surface area contributed by atoms with Crippen LogP contribution in [-0.4, -0.2) is 32.4 Å². The predicted octanol–water partition coefficient (Wildman–Crippen LogP) is 1.14. The molecule has 0 atom stereocenters. The summed E-state index contributed by atoms with van der Waals surface area (Å²) in [6.07, 6.45) is 0. The lowest BCUT2D eigenvalue weighted by Crippen LogP contribution is -2.23. The van der Waals surface area contributed by atoms with Crippen molar-refractivity contribution >= 4 is 5.69 Å². The van der Waals surface area contributed by atoms with Gasteiger partial charge < -0.3 is 15.3 Å². The number of nitrogen functional groups attached to an aromatic ring is 1. The smallest absolute Gasteiger partial charge is 0.142 e. The number of hydrogen-bond acceptors (Lipinski definition) is 4. The Morgan fingerprint density at radius 3 is 2.71 bits per heavy atom. The summed E-state index contributed by atoms with van der Waals surface area (Å²) < 4.78 is 5.46. The molecule has 78 valence electrons. The van der Waals surface area contributed by atoms with Crippen LogP contribution >= 0.6 is 0 Å². The molecule has 0 heterocycles. The van der Waals surface area contributed by atoms with E-state index in [9.17, 15) is 0 Å². The van der Waals surface area contributed by atoms with E-state index in [4.69, 9.17) is 15.3 Å². The number of benzene rings is 1. The maximum absolute atomic E-state index is 5.70. The minimum Gasteiger partial charge on any atom is -0.490 e. The summed E-state index contributed by atoms with van der Waals surface area (Å²) in [5.74, 6) is 0.719. The van der Waals surface area contributed by atoms with E-state index in [-0.39, 0.29) is 0 Å². The number of ether oxygens (including phenoxy) is 1. The van der Waals surface area contributed by atoms with E-state index in [1.165, 1.54) is 0 Å². The molecule has 0 unspecified atom stereocenters. The van der Waals surface area contributed by atoms with Crippen LogP contribution < -0.4 is 10.5 Å². The van der Waals surface area contributed by atoms with Crippen LogP contribution in [0.3, 0.4) is 0 Å². The summed E-state index contributed by atoms with van der Waals surface area (Å²) in [4.78, 5) is 4.94. The Kier molecular flexibility index (Phi) is 4.22. The Morgan fingerprint density at radius 1 is 1.36 bits per heavy atom. The minimum atomic E-state index is 0.554. The van der Waals surface area contributed by atoms with Gasteiger partial charge in [0.05, 0.1) is 19.3 Å². The van der Waals surface area contributed by atoms with Gasteiger partial charge in [-0.15, -0.1) is 0 Å². The number of hydrogen-bond donors (Lipinski definition) is 1. The molecule has 4 nitrogen and oxygen atoms in total. The quantitative estimate of drug-likeness (QED) is 0.566. The first-order valence-corrected chi connectivity index (χ1v) is 4.46. The van der Waals surface area contributed by atoms with Crippen LogP contribution in [0.5, 0.6) is 5.75 Å². The molecule has 4 heteroatoms. The highest BCUT2D eigenvalue weighted by Crippen LogP contribution is 2.19. The first-order chi connectivity index (χ1) is 6.74. The molecule has 1 aromatic rings. The third-order valence-electron chi connectivity index (χ3n) is 1.89. The fourth-order valence-electron chi connectivity index (χ4n) is 0.987. The molecule has 0 aliphatic rings. The van der Waals surface area contributed by atoms with Crippen molar-refractivity contribution in [3.8, 4) is 5.75 Å². The Bertz CT molecular complexity index is 279. The highest BCUT2D eigenvalue weighted by Gasteiger charge is 1.99. The standard InChI is InChI=1S/C10H16N2O2/c1-12(13-2)7-8-14-10-6-4-3-5-9(10)11/h3-6H,7-8,11H2,1-2H3. The lowest BCUT2D eigenvalue weighted by atomic mass is 10.3. The van der Waals surface area contributed by atoms with Crippen LogP contribution in [0.15, 0.2) is 24.3 Å². The Balaban J connectivity index is 2.35. The summed E-state index contributed by atoms with van der Waals surface area (Å²) in [6, 6.07) is 7.44. The zero-order valence-corrected chi connectivity index (χ0v) is 8.56. The zero-order valence-electron chi connectivity index (χ0n) is 8.56. The number of rotatable bonds is 5. The summed E-state index contributed by atoms with van der Waals surface area (Å²) in [5.41, 5.74) is 6.36. The van der Waals surface area contributed by atoms with Gasteiger partial charge in [-0.3, -0.25) is 0 Å². The molecule has 0 aliphatic heterocycles. The van der Waals surface area contributed by atoms with Crippen molar-refractivity contribution in [1.29, 1.82) is 0 Å². The maximum atomic E-state index is 5.70. The van der Waals surface area contributed by atoms with Crippen LogP contribution in [0.25, 0.3) is 0 Å². The summed E-state index contributed by atoms with van der Waals surface area (Å²) in [7, 11) is 3.47. The van der Waals surface area contributed by atoms with Crippen molar-refractivity contribution in [2.45, 2.75) is 0 Å². The van der Waals surface area contributed by atoms with Gasteiger partial charge in [0.25, 0.3) is 0 Å². The van der Waals surface area contributed by atoms with Gasteiger partial charge in [-0.2, -0.15) is 5.06 Å². The van der Waals surface area contributed by atoms with Crippen molar-refractivity contribution in [2.24, 2.45) is 0 Å². The molecule has 0 radical (unpaired) electrons. The van der Waals surface area contributed by atoms with Gasteiger partial charge in [0, 0.05) is 7.05 Å². The van der Waals surface area contributed by atoms with Gasteiger partial charge in [0.15, 0.2) is 0 Å². The molecule has 0 fully saturated rings. The second-order valence-corrected chi connectivity index (χ2v) is 2.92. The molecule has 0 amide bonds. The van der Waals surface area contributed by atoms with Gasteiger partial charge in [-0.05, 0) is 12.1 Å². The first kappa shape index (κ1) is 10.8. The number of para-hydroxylation sites is 2. The molecule has 0 saturated heterocycles. The minimum absolute atomic E-state index is 0.554. The van der Waals surface area contributed by atoms with Gasteiger partial charge in [-0.1, -0.05) is 12.1 Å². The van der Waals surface area contributed by atoms with Crippen molar-refractivity contribution in [3.63, 3.8) is 0 Å². The Morgan fingerprint density at radius 2 is 2.07 bits per heavy atom. The van der Waals surface area contributed by atoms with Crippen LogP contribution in [0.2, 0.25) is 0 Å². The highest BCUT2D eigenvalue weighted by atomic mass is 16.7. The molecule has 2 N–H and O–H groups in total. The van der Waals surface area contributed by atoms with Crippen molar-refractivity contribution in [2.75, 3.05) is 33.0 Å². The van der Waals surface area contributed by atoms with E-state index in [1.54, 1.807) is 12.2 Å². The van der Waals surface area contributed by atoms with E-state index in [1.807, 2.05) is 31.3 Å². The average molecular weight is 196 g/mol. The number of nitrogens with two attached hydrogens (primary N) is 1. The molecular formula is C10H16N2O2. The molecule has 14 heavy (non-hydrogen) atoms. The van der Waals surface area contributed by atoms with Gasteiger partial charge in [-0.25, -0.2) is 0 Å². The van der Waals surface area contributed by atoms with E-state index in [0.717, 1.165) is 5.75 Å². The highest BCUT2D eigenvalue weighted by molar-refractivity contribution is 5.51. The topological polar surface area (TPSA) is 47.7 Å². The van der Waals surface area contributed by atoms with Gasteiger partial charge >= 0.3 is 0 Å². The largest absolute Gasteiger partial charge is 0.490 e. The second-order valence-electron chi connectivity index (χ2n) is 2.92. The summed E-state index contributed by atoms with van der Waals surface area (Å²) in [5, 5.41) is 1.69. The molecule has 0 bridgehead atoms. The molecule has 0 spiro atoms. The number of anilines is 1. The van der Waals surface area contributed by atoms with E-state index < -0.39 is 0 Å². The zero-order chi connectivity index (χ0) is 10.4. The average Bonchev–Trinajstić information content (AvgIpc) is 2.20. The lowest BCUT2D eigenvalue weighted by Gasteiger charge is -2.14.